The van der Waals surface area contributed by atoms with Crippen LogP contribution < -0.4 is 0 Å². The molecule has 0 amide bonds. The fraction of sp³-hybridized carbons (Fsp3) is 1.00. The molecule has 0 spiro atoms. The SMILES string of the molecule is CC(C)C[O][Sn]. The van der Waals surface area contributed by atoms with Crippen LogP contribution >= 0.6 is 0 Å². The Morgan fingerprint density at radius 1 is 1.67 bits per heavy atom. The van der Waals surface area contributed by atoms with E-state index in [0.29, 0.717) is 5.92 Å². The molecule has 0 heterocycles. The summed E-state index contributed by atoms with van der Waals surface area (Å²) in [5, 5.41) is 0. The normalized spacial score (nSPS) is 10.0. The van der Waals surface area contributed by atoms with Gasteiger partial charge >= 0.3 is 52.4 Å². The zero-order chi connectivity index (χ0) is 4.99. The molecule has 0 aromatic rings. The van der Waals surface area contributed by atoms with Crippen LogP contribution in [0.5, 0.6) is 0 Å². The molecule has 0 saturated heterocycles. The zero-order valence-electron chi connectivity index (χ0n) is 4.19. The Bertz CT molecular complexity index is 28.7. The van der Waals surface area contributed by atoms with E-state index in [1.54, 1.807) is 0 Å². The molecule has 6 heavy (non-hydrogen) atoms. The standard InChI is InChI=1S/C4H9O.Sn/c1-4(2)3-5;/h4H,3H2,1-2H3;/q-1;+1. The predicted molar refractivity (Wildman–Crippen MR) is 26.5 cm³/mol. The number of rotatable bonds is 2. The van der Waals surface area contributed by atoms with Crippen molar-refractivity contribution in [1.29, 1.82) is 0 Å². The minimum absolute atomic E-state index is 0.698. The molecule has 35 valence electrons. The van der Waals surface area contributed by atoms with Crippen molar-refractivity contribution in [3.05, 3.63) is 0 Å². The van der Waals surface area contributed by atoms with E-state index in [1.807, 2.05) is 0 Å². The first-order valence-electron chi connectivity index (χ1n) is 2.06. The molecule has 0 bridgehead atoms. The van der Waals surface area contributed by atoms with Crippen LogP contribution in [0.25, 0.3) is 0 Å². The molecule has 0 fully saturated rings. The zero-order valence-corrected chi connectivity index (χ0v) is 7.05. The van der Waals surface area contributed by atoms with Crippen LogP contribution in [0.2, 0.25) is 0 Å². The fourth-order valence-electron chi connectivity index (χ4n) is 0.167. The second-order valence-corrected chi connectivity index (χ2v) is 2.53. The van der Waals surface area contributed by atoms with E-state index in [9.17, 15) is 0 Å². The monoisotopic (exact) mass is 193 g/mol. The van der Waals surface area contributed by atoms with Crippen molar-refractivity contribution in [1.82, 2.24) is 0 Å². The van der Waals surface area contributed by atoms with Crippen LogP contribution in [0, 0.1) is 5.92 Å². The van der Waals surface area contributed by atoms with E-state index in [4.69, 9.17) is 3.07 Å². The van der Waals surface area contributed by atoms with Crippen molar-refractivity contribution in [2.24, 2.45) is 5.92 Å². The van der Waals surface area contributed by atoms with E-state index < -0.39 is 0 Å². The summed E-state index contributed by atoms with van der Waals surface area (Å²) in [6.07, 6.45) is 0. The van der Waals surface area contributed by atoms with Crippen molar-refractivity contribution in [3.63, 3.8) is 0 Å². The summed E-state index contributed by atoms with van der Waals surface area (Å²) in [5.41, 5.74) is 0. The van der Waals surface area contributed by atoms with Gasteiger partial charge in [-0.05, 0) is 0 Å². The van der Waals surface area contributed by atoms with Gasteiger partial charge in [-0.2, -0.15) is 0 Å². The van der Waals surface area contributed by atoms with Gasteiger partial charge in [0.2, 0.25) is 0 Å². The predicted octanol–water partition coefficient (Wildman–Crippen LogP) is 0.742. The van der Waals surface area contributed by atoms with Gasteiger partial charge in [0, 0.05) is 0 Å². The molecule has 0 aliphatic carbocycles. The van der Waals surface area contributed by atoms with Crippen LogP contribution in [-0.2, 0) is 3.07 Å². The van der Waals surface area contributed by atoms with Gasteiger partial charge in [-0.1, -0.05) is 0 Å². The van der Waals surface area contributed by atoms with Gasteiger partial charge in [0.1, 0.15) is 0 Å². The maximum atomic E-state index is 4.89. The van der Waals surface area contributed by atoms with Gasteiger partial charge in [0.15, 0.2) is 0 Å². The number of hydrogen-bond acceptors (Lipinski definition) is 1. The van der Waals surface area contributed by atoms with E-state index in [2.05, 4.69) is 13.8 Å². The molecule has 0 N–H and O–H groups in total. The fourth-order valence-corrected chi connectivity index (χ4v) is 1.12. The molecule has 1 nitrogen and oxygen atoms in total. The Morgan fingerprint density at radius 3 is 2.17 bits per heavy atom. The molecular weight excluding hydrogens is 183 g/mol. The first-order chi connectivity index (χ1) is 2.77. The Balaban J connectivity index is 2.63. The third-order valence-corrected chi connectivity index (χ3v) is 0.892. The first-order valence-corrected chi connectivity index (χ1v) is 3.22. The Morgan fingerprint density at radius 2 is 2.17 bits per heavy atom. The summed E-state index contributed by atoms with van der Waals surface area (Å²) in [5.74, 6) is 0.698. The van der Waals surface area contributed by atoms with Crippen molar-refractivity contribution in [3.8, 4) is 0 Å². The van der Waals surface area contributed by atoms with Gasteiger partial charge in [0.05, 0.1) is 0 Å². The van der Waals surface area contributed by atoms with Crippen molar-refractivity contribution >= 4 is 22.9 Å². The van der Waals surface area contributed by atoms with Crippen molar-refractivity contribution < 1.29 is 3.07 Å². The van der Waals surface area contributed by atoms with E-state index in [-0.39, 0.29) is 0 Å². The van der Waals surface area contributed by atoms with Crippen LogP contribution in [0.4, 0.5) is 0 Å². The van der Waals surface area contributed by atoms with E-state index >= 15 is 0 Å². The Kier molecular flexibility index (Phi) is 4.43. The summed E-state index contributed by atoms with van der Waals surface area (Å²) >= 11 is 1.18. The van der Waals surface area contributed by atoms with Gasteiger partial charge in [-0.3, -0.25) is 0 Å². The van der Waals surface area contributed by atoms with Crippen LogP contribution in [0.15, 0.2) is 0 Å². The molecule has 0 aliphatic rings. The summed E-state index contributed by atoms with van der Waals surface area (Å²) in [6.45, 7) is 5.20. The van der Waals surface area contributed by atoms with E-state index in [1.165, 1.54) is 22.9 Å². The van der Waals surface area contributed by atoms with Gasteiger partial charge in [0.25, 0.3) is 0 Å². The van der Waals surface area contributed by atoms with Crippen molar-refractivity contribution in [2.75, 3.05) is 6.61 Å². The molecule has 0 aromatic carbocycles. The second kappa shape index (κ2) is 3.93. The number of hydrogen-bond donors (Lipinski definition) is 0. The average molecular weight is 192 g/mol. The Labute approximate surface area is 52.7 Å². The molecular formula is C4H9OSn. The summed E-state index contributed by atoms with van der Waals surface area (Å²) < 4.78 is 4.89. The van der Waals surface area contributed by atoms with Crippen LogP contribution in [-0.4, -0.2) is 29.5 Å². The maximum absolute atomic E-state index is 4.89. The second-order valence-electron chi connectivity index (χ2n) is 1.70. The topological polar surface area (TPSA) is 9.23 Å². The molecule has 0 aliphatic heterocycles. The Hall–Kier alpha value is 0.759. The average Bonchev–Trinajstić information content (AvgIpc) is 1.35. The van der Waals surface area contributed by atoms with Gasteiger partial charge in [-0.25, -0.2) is 0 Å². The third-order valence-electron chi connectivity index (χ3n) is 0.417. The molecule has 0 rings (SSSR count). The molecule has 0 saturated carbocycles. The van der Waals surface area contributed by atoms with Gasteiger partial charge < -0.3 is 0 Å². The molecule has 3 radical (unpaired) electrons. The van der Waals surface area contributed by atoms with Crippen LogP contribution in [0.3, 0.4) is 0 Å². The van der Waals surface area contributed by atoms with Crippen LogP contribution in [0.1, 0.15) is 13.8 Å². The van der Waals surface area contributed by atoms with Crippen molar-refractivity contribution in [2.45, 2.75) is 13.8 Å². The van der Waals surface area contributed by atoms with Gasteiger partial charge in [-0.15, -0.1) is 0 Å². The summed E-state index contributed by atoms with van der Waals surface area (Å²) in [4.78, 5) is 0. The van der Waals surface area contributed by atoms with E-state index in [0.717, 1.165) is 6.61 Å². The quantitative estimate of drug-likeness (QED) is 0.586. The summed E-state index contributed by atoms with van der Waals surface area (Å²) in [7, 11) is 0. The molecule has 2 heteroatoms. The molecule has 0 atom stereocenters. The first kappa shape index (κ1) is 6.76. The molecule has 0 aromatic heterocycles. The minimum atomic E-state index is 0.698. The molecule has 0 unspecified atom stereocenters. The third kappa shape index (κ3) is 4.76. The summed E-state index contributed by atoms with van der Waals surface area (Å²) in [6, 6.07) is 0.